The van der Waals surface area contributed by atoms with Gasteiger partial charge in [-0.1, -0.05) is 12.1 Å². The molecular formula is C17H20N2O. The molecule has 2 aromatic carbocycles. The van der Waals surface area contributed by atoms with E-state index in [0.29, 0.717) is 5.56 Å². The quantitative estimate of drug-likeness (QED) is 0.880. The SMILES string of the molecule is CCNc1ccc(C(=O)Nc2cc(C)ccc2C)cc1. The van der Waals surface area contributed by atoms with E-state index >= 15 is 0 Å². The van der Waals surface area contributed by atoms with Crippen molar-refractivity contribution in [2.45, 2.75) is 20.8 Å². The Morgan fingerprint density at radius 3 is 2.40 bits per heavy atom. The van der Waals surface area contributed by atoms with Crippen LogP contribution >= 0.6 is 0 Å². The maximum Gasteiger partial charge on any atom is 0.255 e. The molecule has 0 fully saturated rings. The first kappa shape index (κ1) is 14.1. The van der Waals surface area contributed by atoms with E-state index in [-0.39, 0.29) is 5.91 Å². The number of benzene rings is 2. The summed E-state index contributed by atoms with van der Waals surface area (Å²) in [6.07, 6.45) is 0. The lowest BCUT2D eigenvalue weighted by atomic mass is 10.1. The van der Waals surface area contributed by atoms with Gasteiger partial charge in [0.15, 0.2) is 0 Å². The minimum Gasteiger partial charge on any atom is -0.385 e. The number of aryl methyl sites for hydroxylation is 2. The van der Waals surface area contributed by atoms with Gasteiger partial charge in [0.25, 0.3) is 5.91 Å². The fourth-order valence-electron chi connectivity index (χ4n) is 2.01. The van der Waals surface area contributed by atoms with E-state index in [2.05, 4.69) is 10.6 Å². The summed E-state index contributed by atoms with van der Waals surface area (Å²) in [5, 5.41) is 6.17. The first-order chi connectivity index (χ1) is 9.60. The molecule has 0 aliphatic rings. The average Bonchev–Trinajstić information content (AvgIpc) is 2.44. The Bertz CT molecular complexity index is 603. The molecule has 2 aromatic rings. The topological polar surface area (TPSA) is 41.1 Å². The van der Waals surface area contributed by atoms with Crippen molar-refractivity contribution in [2.24, 2.45) is 0 Å². The van der Waals surface area contributed by atoms with Crippen LogP contribution in [0.1, 0.15) is 28.4 Å². The van der Waals surface area contributed by atoms with Crippen molar-refractivity contribution in [1.82, 2.24) is 0 Å². The van der Waals surface area contributed by atoms with Crippen molar-refractivity contribution in [2.75, 3.05) is 17.2 Å². The third-order valence-electron chi connectivity index (χ3n) is 3.17. The Morgan fingerprint density at radius 1 is 1.05 bits per heavy atom. The summed E-state index contributed by atoms with van der Waals surface area (Å²) in [5.41, 5.74) is 4.75. The number of amides is 1. The van der Waals surface area contributed by atoms with Crippen molar-refractivity contribution in [1.29, 1.82) is 0 Å². The monoisotopic (exact) mass is 268 g/mol. The van der Waals surface area contributed by atoms with Crippen LogP contribution in [0.5, 0.6) is 0 Å². The molecule has 0 unspecified atom stereocenters. The average molecular weight is 268 g/mol. The Hall–Kier alpha value is -2.29. The minimum absolute atomic E-state index is 0.0817. The fraction of sp³-hybridized carbons (Fsp3) is 0.235. The first-order valence-electron chi connectivity index (χ1n) is 6.82. The number of hydrogen-bond acceptors (Lipinski definition) is 2. The van der Waals surface area contributed by atoms with E-state index in [9.17, 15) is 4.79 Å². The van der Waals surface area contributed by atoms with Crippen molar-refractivity contribution in [3.63, 3.8) is 0 Å². The van der Waals surface area contributed by atoms with E-state index in [0.717, 1.165) is 29.0 Å². The van der Waals surface area contributed by atoms with Crippen LogP contribution in [0.2, 0.25) is 0 Å². The van der Waals surface area contributed by atoms with Crippen molar-refractivity contribution >= 4 is 17.3 Å². The summed E-state index contributed by atoms with van der Waals surface area (Å²) in [4.78, 5) is 12.2. The summed E-state index contributed by atoms with van der Waals surface area (Å²) < 4.78 is 0. The van der Waals surface area contributed by atoms with Crippen LogP contribution < -0.4 is 10.6 Å². The highest BCUT2D eigenvalue weighted by atomic mass is 16.1. The molecule has 0 aliphatic heterocycles. The highest BCUT2D eigenvalue weighted by Gasteiger charge is 2.07. The van der Waals surface area contributed by atoms with Gasteiger partial charge in [-0.3, -0.25) is 4.79 Å². The molecule has 0 bridgehead atoms. The predicted molar refractivity (Wildman–Crippen MR) is 84.5 cm³/mol. The van der Waals surface area contributed by atoms with Crippen LogP contribution in [0.25, 0.3) is 0 Å². The van der Waals surface area contributed by atoms with E-state index in [4.69, 9.17) is 0 Å². The third kappa shape index (κ3) is 3.38. The maximum atomic E-state index is 12.2. The largest absolute Gasteiger partial charge is 0.385 e. The fourth-order valence-corrected chi connectivity index (χ4v) is 2.01. The zero-order valence-corrected chi connectivity index (χ0v) is 12.2. The molecule has 3 nitrogen and oxygen atoms in total. The van der Waals surface area contributed by atoms with Crippen LogP contribution in [0.3, 0.4) is 0 Å². The molecule has 104 valence electrons. The van der Waals surface area contributed by atoms with Gasteiger partial charge in [-0.05, 0) is 62.2 Å². The van der Waals surface area contributed by atoms with E-state index < -0.39 is 0 Å². The van der Waals surface area contributed by atoms with Crippen LogP contribution in [0, 0.1) is 13.8 Å². The smallest absolute Gasteiger partial charge is 0.255 e. The molecule has 0 atom stereocenters. The lowest BCUT2D eigenvalue weighted by molar-refractivity contribution is 0.102. The molecule has 1 amide bonds. The summed E-state index contributed by atoms with van der Waals surface area (Å²) >= 11 is 0. The zero-order chi connectivity index (χ0) is 14.5. The second-order valence-corrected chi connectivity index (χ2v) is 4.88. The molecule has 0 aromatic heterocycles. The third-order valence-corrected chi connectivity index (χ3v) is 3.17. The summed E-state index contributed by atoms with van der Waals surface area (Å²) in [5.74, 6) is -0.0817. The summed E-state index contributed by atoms with van der Waals surface area (Å²) in [7, 11) is 0. The second-order valence-electron chi connectivity index (χ2n) is 4.88. The number of nitrogens with one attached hydrogen (secondary N) is 2. The van der Waals surface area contributed by atoms with Gasteiger partial charge >= 0.3 is 0 Å². The number of rotatable bonds is 4. The standard InChI is InChI=1S/C17H20N2O/c1-4-18-15-9-7-14(8-10-15)17(20)19-16-11-12(2)5-6-13(16)3/h5-11,18H,4H2,1-3H3,(H,19,20). The normalized spacial score (nSPS) is 10.2. The molecule has 3 heteroatoms. The Balaban J connectivity index is 2.13. The Kier molecular flexibility index (Phi) is 4.41. The predicted octanol–water partition coefficient (Wildman–Crippen LogP) is 3.99. The van der Waals surface area contributed by atoms with Gasteiger partial charge in [0.05, 0.1) is 0 Å². The van der Waals surface area contributed by atoms with Gasteiger partial charge in [-0.2, -0.15) is 0 Å². The number of hydrogen-bond donors (Lipinski definition) is 2. The summed E-state index contributed by atoms with van der Waals surface area (Å²) in [6, 6.07) is 13.5. The Morgan fingerprint density at radius 2 is 1.75 bits per heavy atom. The molecule has 0 radical (unpaired) electrons. The van der Waals surface area contributed by atoms with Crippen LogP contribution in [0.15, 0.2) is 42.5 Å². The number of anilines is 2. The lowest BCUT2D eigenvalue weighted by Gasteiger charge is -2.10. The van der Waals surface area contributed by atoms with Gasteiger partial charge in [0.2, 0.25) is 0 Å². The van der Waals surface area contributed by atoms with E-state index in [1.165, 1.54) is 0 Å². The van der Waals surface area contributed by atoms with Gasteiger partial charge in [0, 0.05) is 23.5 Å². The molecular weight excluding hydrogens is 248 g/mol. The second kappa shape index (κ2) is 6.24. The molecule has 0 aliphatic carbocycles. The summed E-state index contributed by atoms with van der Waals surface area (Å²) in [6.45, 7) is 6.92. The van der Waals surface area contributed by atoms with Crippen molar-refractivity contribution < 1.29 is 4.79 Å². The molecule has 0 saturated carbocycles. The van der Waals surface area contributed by atoms with E-state index in [1.807, 2.05) is 63.2 Å². The number of carbonyl (C=O) groups excluding carboxylic acids is 1. The van der Waals surface area contributed by atoms with Gasteiger partial charge in [-0.15, -0.1) is 0 Å². The van der Waals surface area contributed by atoms with Crippen LogP contribution in [-0.2, 0) is 0 Å². The van der Waals surface area contributed by atoms with E-state index in [1.54, 1.807) is 0 Å². The maximum absolute atomic E-state index is 12.2. The van der Waals surface area contributed by atoms with Crippen molar-refractivity contribution in [3.8, 4) is 0 Å². The van der Waals surface area contributed by atoms with Gasteiger partial charge in [0.1, 0.15) is 0 Å². The van der Waals surface area contributed by atoms with Gasteiger partial charge in [-0.25, -0.2) is 0 Å². The molecule has 2 rings (SSSR count). The highest BCUT2D eigenvalue weighted by molar-refractivity contribution is 6.04. The molecule has 2 N–H and O–H groups in total. The molecule has 0 heterocycles. The molecule has 20 heavy (non-hydrogen) atoms. The van der Waals surface area contributed by atoms with Crippen LogP contribution in [-0.4, -0.2) is 12.5 Å². The lowest BCUT2D eigenvalue weighted by Crippen LogP contribution is -2.13. The molecule has 0 saturated heterocycles. The Labute approximate surface area is 120 Å². The first-order valence-corrected chi connectivity index (χ1v) is 6.82. The minimum atomic E-state index is -0.0817. The zero-order valence-electron chi connectivity index (χ0n) is 12.2. The highest BCUT2D eigenvalue weighted by Crippen LogP contribution is 2.18. The van der Waals surface area contributed by atoms with Crippen molar-refractivity contribution in [3.05, 3.63) is 59.2 Å². The van der Waals surface area contributed by atoms with Crippen LogP contribution in [0.4, 0.5) is 11.4 Å². The molecule has 0 spiro atoms. The van der Waals surface area contributed by atoms with Gasteiger partial charge < -0.3 is 10.6 Å². The number of carbonyl (C=O) groups is 1.